The minimum Gasteiger partial charge on any atom is -0.342 e. The number of hydrogen-bond donors (Lipinski definition) is 1. The Hall–Kier alpha value is -3.40. The molecule has 32 heavy (non-hydrogen) atoms. The van der Waals surface area contributed by atoms with Gasteiger partial charge in [0.05, 0.1) is 17.1 Å². The van der Waals surface area contributed by atoms with E-state index in [4.69, 9.17) is 4.98 Å². The summed E-state index contributed by atoms with van der Waals surface area (Å²) in [5, 5.41) is 3.28. The first-order chi connectivity index (χ1) is 15.8. The summed E-state index contributed by atoms with van der Waals surface area (Å²) >= 11 is 0. The maximum atomic E-state index is 13.1. The lowest BCUT2D eigenvalue weighted by Crippen LogP contribution is -2.32. The summed E-state index contributed by atoms with van der Waals surface area (Å²) in [6.45, 7) is 3.13. The van der Waals surface area contributed by atoms with E-state index in [2.05, 4.69) is 47.1 Å². The van der Waals surface area contributed by atoms with Gasteiger partial charge in [0.25, 0.3) is 5.91 Å². The summed E-state index contributed by atoms with van der Waals surface area (Å²) in [4.78, 5) is 18.1. The number of aromatic nitrogens is 2. The second kappa shape index (κ2) is 10.8. The smallest absolute Gasteiger partial charge is 0.251 e. The molecule has 0 saturated heterocycles. The van der Waals surface area contributed by atoms with Crippen LogP contribution in [0.2, 0.25) is 0 Å². The number of hydrogen-bond acceptors (Lipinski definition) is 2. The number of fused-ring (bicyclic) bond motifs is 1. The molecule has 1 heterocycles. The van der Waals surface area contributed by atoms with Crippen LogP contribution in [-0.2, 0) is 13.0 Å². The van der Waals surface area contributed by atoms with Gasteiger partial charge in [-0.2, -0.15) is 0 Å². The van der Waals surface area contributed by atoms with Crippen molar-refractivity contribution in [2.24, 2.45) is 0 Å². The van der Waals surface area contributed by atoms with Crippen molar-refractivity contribution in [2.75, 3.05) is 0 Å². The largest absolute Gasteiger partial charge is 0.342 e. The first-order valence-corrected chi connectivity index (χ1v) is 11.6. The van der Waals surface area contributed by atoms with Gasteiger partial charge < -0.3 is 9.88 Å². The molecule has 0 saturated carbocycles. The zero-order valence-corrected chi connectivity index (χ0v) is 18.7. The number of carbonyl (C=O) groups excluding carboxylic acids is 1. The number of rotatable bonds is 10. The summed E-state index contributed by atoms with van der Waals surface area (Å²) < 4.78 is 2.31. The molecule has 0 aliphatic carbocycles. The minimum atomic E-state index is -0.219. The van der Waals surface area contributed by atoms with Gasteiger partial charge in [-0.25, -0.2) is 4.98 Å². The van der Waals surface area contributed by atoms with Gasteiger partial charge >= 0.3 is 0 Å². The average Bonchev–Trinajstić information content (AvgIpc) is 3.21. The highest BCUT2D eigenvalue weighted by Crippen LogP contribution is 2.25. The molecular formula is C28H31N3O. The Labute approximate surface area is 190 Å². The van der Waals surface area contributed by atoms with Gasteiger partial charge in [-0.15, -0.1) is 0 Å². The fraction of sp³-hybridized carbons (Fsp3) is 0.286. The monoisotopic (exact) mass is 425 g/mol. The zero-order chi connectivity index (χ0) is 22.2. The number of benzene rings is 3. The Morgan fingerprint density at radius 2 is 1.56 bits per heavy atom. The van der Waals surface area contributed by atoms with Crippen molar-refractivity contribution in [3.63, 3.8) is 0 Å². The van der Waals surface area contributed by atoms with Gasteiger partial charge in [-0.05, 0) is 42.7 Å². The highest BCUT2D eigenvalue weighted by Gasteiger charge is 2.23. The molecule has 0 unspecified atom stereocenters. The Bertz CT molecular complexity index is 1140. The predicted octanol–water partition coefficient (Wildman–Crippen LogP) is 6.33. The highest BCUT2D eigenvalue weighted by molar-refractivity contribution is 5.94. The molecule has 4 aromatic rings. The van der Waals surface area contributed by atoms with Gasteiger partial charge in [0.1, 0.15) is 5.82 Å². The van der Waals surface area contributed by atoms with Crippen molar-refractivity contribution in [3.05, 3.63) is 102 Å². The highest BCUT2D eigenvalue weighted by atomic mass is 16.1. The quantitative estimate of drug-likeness (QED) is 0.302. The van der Waals surface area contributed by atoms with E-state index in [1.807, 2.05) is 54.6 Å². The number of amides is 1. The molecule has 4 nitrogen and oxygen atoms in total. The van der Waals surface area contributed by atoms with Gasteiger partial charge in [0.15, 0.2) is 0 Å². The van der Waals surface area contributed by atoms with Crippen LogP contribution in [0.1, 0.15) is 60.4 Å². The van der Waals surface area contributed by atoms with Crippen LogP contribution in [-0.4, -0.2) is 15.5 Å². The fourth-order valence-electron chi connectivity index (χ4n) is 4.18. The van der Waals surface area contributed by atoms with E-state index in [9.17, 15) is 4.79 Å². The molecule has 0 bridgehead atoms. The van der Waals surface area contributed by atoms with Crippen LogP contribution in [0.3, 0.4) is 0 Å². The third-order valence-corrected chi connectivity index (χ3v) is 5.85. The Morgan fingerprint density at radius 3 is 2.31 bits per heavy atom. The summed E-state index contributed by atoms with van der Waals surface area (Å²) in [5.41, 5.74) is 3.95. The maximum Gasteiger partial charge on any atom is 0.251 e. The van der Waals surface area contributed by atoms with Crippen molar-refractivity contribution in [1.29, 1.82) is 0 Å². The van der Waals surface area contributed by atoms with Crippen LogP contribution in [0.5, 0.6) is 0 Å². The van der Waals surface area contributed by atoms with Gasteiger partial charge in [0.2, 0.25) is 0 Å². The molecule has 1 amide bonds. The number of para-hydroxylation sites is 2. The molecule has 1 N–H and O–H groups in total. The number of nitrogens with zero attached hydrogens (tertiary/aromatic N) is 2. The molecule has 0 aliphatic heterocycles. The van der Waals surface area contributed by atoms with Crippen LogP contribution in [0, 0.1) is 0 Å². The minimum absolute atomic E-state index is 0.0730. The van der Waals surface area contributed by atoms with E-state index in [0.29, 0.717) is 12.0 Å². The molecule has 3 aromatic carbocycles. The van der Waals surface area contributed by atoms with Gasteiger partial charge in [-0.3, -0.25) is 4.79 Å². The van der Waals surface area contributed by atoms with Crippen molar-refractivity contribution in [3.8, 4) is 0 Å². The van der Waals surface area contributed by atoms with Gasteiger partial charge in [-0.1, -0.05) is 86.8 Å². The summed E-state index contributed by atoms with van der Waals surface area (Å²) in [6.07, 6.45) is 5.44. The molecule has 0 fully saturated rings. The summed E-state index contributed by atoms with van der Waals surface area (Å²) in [7, 11) is 0. The number of nitrogens with one attached hydrogen (secondary N) is 1. The van der Waals surface area contributed by atoms with E-state index >= 15 is 0 Å². The topological polar surface area (TPSA) is 46.9 Å². The fourth-order valence-corrected chi connectivity index (χ4v) is 4.18. The Balaban J connectivity index is 1.69. The van der Waals surface area contributed by atoms with Crippen LogP contribution in [0.4, 0.5) is 0 Å². The molecular weight excluding hydrogens is 394 g/mol. The lowest BCUT2D eigenvalue weighted by atomic mass is 10.0. The lowest BCUT2D eigenvalue weighted by molar-refractivity contribution is 0.0934. The van der Waals surface area contributed by atoms with Crippen LogP contribution in [0.25, 0.3) is 11.0 Å². The number of carbonyl (C=O) groups is 1. The first-order valence-electron chi connectivity index (χ1n) is 11.6. The molecule has 1 aromatic heterocycles. The molecule has 0 radical (unpaired) electrons. The number of unbranched alkanes of at least 4 members (excludes halogenated alkanes) is 3. The van der Waals surface area contributed by atoms with Crippen molar-refractivity contribution >= 4 is 16.9 Å². The van der Waals surface area contributed by atoms with Crippen molar-refractivity contribution in [2.45, 2.75) is 51.6 Å². The Kier molecular flexibility index (Phi) is 7.34. The van der Waals surface area contributed by atoms with Crippen molar-refractivity contribution in [1.82, 2.24) is 14.9 Å². The average molecular weight is 426 g/mol. The van der Waals surface area contributed by atoms with Crippen LogP contribution in [0.15, 0.2) is 84.9 Å². The number of aryl methyl sites for hydroxylation is 1. The standard InChI is InChI=1S/C28H31N3O/c1-2-3-4-13-20-31-26-19-12-11-18-24(26)29-27(31)25(21-22-14-7-5-8-15-22)30-28(32)23-16-9-6-10-17-23/h5-12,14-19,25H,2-4,13,20-21H2,1H3,(H,30,32)/t25-/m1/s1. The molecule has 4 rings (SSSR count). The zero-order valence-electron chi connectivity index (χ0n) is 18.7. The molecule has 164 valence electrons. The Morgan fingerprint density at radius 1 is 0.875 bits per heavy atom. The molecule has 0 spiro atoms. The summed E-state index contributed by atoms with van der Waals surface area (Å²) in [5.74, 6) is 0.854. The summed E-state index contributed by atoms with van der Waals surface area (Å²) in [6, 6.07) is 27.8. The lowest BCUT2D eigenvalue weighted by Gasteiger charge is -2.21. The van der Waals surface area contributed by atoms with E-state index in [0.717, 1.165) is 29.8 Å². The van der Waals surface area contributed by atoms with Crippen LogP contribution < -0.4 is 5.32 Å². The van der Waals surface area contributed by atoms with E-state index < -0.39 is 0 Å². The van der Waals surface area contributed by atoms with Gasteiger partial charge in [0, 0.05) is 12.1 Å². The van der Waals surface area contributed by atoms with E-state index in [1.165, 1.54) is 24.8 Å². The third kappa shape index (κ3) is 5.25. The second-order valence-corrected chi connectivity index (χ2v) is 8.25. The molecule has 1 atom stereocenters. The molecule has 4 heteroatoms. The predicted molar refractivity (Wildman–Crippen MR) is 131 cm³/mol. The second-order valence-electron chi connectivity index (χ2n) is 8.25. The SMILES string of the molecule is CCCCCCn1c([C@@H](Cc2ccccc2)NC(=O)c2ccccc2)nc2ccccc21. The van der Waals surface area contributed by atoms with E-state index in [1.54, 1.807) is 0 Å². The van der Waals surface area contributed by atoms with Crippen molar-refractivity contribution < 1.29 is 4.79 Å². The normalized spacial score (nSPS) is 12.0. The van der Waals surface area contributed by atoms with E-state index in [-0.39, 0.29) is 11.9 Å². The molecule has 0 aliphatic rings. The first kappa shape index (κ1) is 21.8. The van der Waals surface area contributed by atoms with Crippen LogP contribution >= 0.6 is 0 Å². The number of imidazole rings is 1. The maximum absolute atomic E-state index is 13.1. The third-order valence-electron chi connectivity index (χ3n) is 5.85.